The summed E-state index contributed by atoms with van der Waals surface area (Å²) in [4.78, 5) is 11.8. The van der Waals surface area contributed by atoms with Crippen molar-refractivity contribution in [1.82, 2.24) is 5.32 Å². The van der Waals surface area contributed by atoms with Gasteiger partial charge in [-0.15, -0.1) is 0 Å². The summed E-state index contributed by atoms with van der Waals surface area (Å²) in [7, 11) is 0. The maximum Gasteiger partial charge on any atom is 0.223 e. The summed E-state index contributed by atoms with van der Waals surface area (Å²) in [6, 6.07) is 0.351. The van der Waals surface area contributed by atoms with Crippen LogP contribution in [0.2, 0.25) is 0 Å². The van der Waals surface area contributed by atoms with Crippen LogP contribution in [0.4, 0.5) is 0 Å². The number of hydrogen-bond donors (Lipinski definition) is 2. The molecular weight excluding hydrogens is 188 g/mol. The van der Waals surface area contributed by atoms with Crippen molar-refractivity contribution in [3.05, 3.63) is 0 Å². The van der Waals surface area contributed by atoms with Gasteiger partial charge in [-0.2, -0.15) is 0 Å². The third-order valence-corrected chi connectivity index (χ3v) is 3.99. The Hall–Kier alpha value is -0.570. The van der Waals surface area contributed by atoms with E-state index in [4.69, 9.17) is 5.73 Å². The van der Waals surface area contributed by atoms with E-state index in [-0.39, 0.29) is 5.91 Å². The number of rotatable bonds is 3. The number of nitrogens with one attached hydrogen (secondary N) is 1. The van der Waals surface area contributed by atoms with E-state index in [0.717, 1.165) is 12.8 Å². The third kappa shape index (κ3) is 2.51. The fraction of sp³-hybridized carbons (Fsp3) is 0.917. The minimum atomic E-state index is 0.271. The maximum absolute atomic E-state index is 11.8. The molecule has 0 aromatic rings. The molecule has 0 aromatic carbocycles. The highest BCUT2D eigenvalue weighted by Gasteiger charge is 2.40. The number of carbonyl (C=O) groups is 1. The van der Waals surface area contributed by atoms with E-state index in [0.29, 0.717) is 30.3 Å². The molecule has 2 saturated carbocycles. The smallest absolute Gasteiger partial charge is 0.223 e. The summed E-state index contributed by atoms with van der Waals surface area (Å²) in [5.74, 6) is 1.68. The highest BCUT2D eigenvalue weighted by atomic mass is 16.2. The molecule has 2 rings (SSSR count). The van der Waals surface area contributed by atoms with Crippen LogP contribution in [-0.4, -0.2) is 18.5 Å². The van der Waals surface area contributed by atoms with Crippen LogP contribution in [0.3, 0.4) is 0 Å². The molecule has 0 heterocycles. The first-order chi connectivity index (χ1) is 7.22. The standard InChI is InChI=1S/C12H22N2O/c1-8-6-10(8)12(15)14-11-5-3-2-4-9(11)7-13/h8-11H,2-7,13H2,1H3,(H,14,15). The largest absolute Gasteiger partial charge is 0.353 e. The highest BCUT2D eigenvalue weighted by molar-refractivity contribution is 5.81. The molecular formula is C12H22N2O. The van der Waals surface area contributed by atoms with Crippen molar-refractivity contribution >= 4 is 5.91 Å². The van der Waals surface area contributed by atoms with Crippen molar-refractivity contribution in [3.63, 3.8) is 0 Å². The average molecular weight is 210 g/mol. The predicted octanol–water partition coefficient (Wildman–Crippen LogP) is 1.28. The van der Waals surface area contributed by atoms with Gasteiger partial charge in [0.1, 0.15) is 0 Å². The molecule has 0 aliphatic heterocycles. The molecule has 2 aliphatic rings. The van der Waals surface area contributed by atoms with Crippen LogP contribution in [0, 0.1) is 17.8 Å². The van der Waals surface area contributed by atoms with E-state index in [1.54, 1.807) is 0 Å². The van der Waals surface area contributed by atoms with Gasteiger partial charge < -0.3 is 11.1 Å². The Kier molecular flexibility index (Phi) is 3.29. The summed E-state index contributed by atoms with van der Waals surface area (Å²) >= 11 is 0. The molecule has 4 unspecified atom stereocenters. The monoisotopic (exact) mass is 210 g/mol. The summed E-state index contributed by atoms with van der Waals surface area (Å²) < 4.78 is 0. The van der Waals surface area contributed by atoms with E-state index in [1.165, 1.54) is 19.3 Å². The Balaban J connectivity index is 1.83. The molecule has 2 aliphatic carbocycles. The zero-order valence-electron chi connectivity index (χ0n) is 9.54. The molecule has 4 atom stereocenters. The van der Waals surface area contributed by atoms with Crippen LogP contribution >= 0.6 is 0 Å². The van der Waals surface area contributed by atoms with Crippen LogP contribution in [-0.2, 0) is 4.79 Å². The summed E-state index contributed by atoms with van der Waals surface area (Å²) in [6.45, 7) is 2.86. The van der Waals surface area contributed by atoms with Gasteiger partial charge >= 0.3 is 0 Å². The fourth-order valence-corrected chi connectivity index (χ4v) is 2.66. The van der Waals surface area contributed by atoms with Gasteiger partial charge in [0.15, 0.2) is 0 Å². The first-order valence-corrected chi connectivity index (χ1v) is 6.22. The first kappa shape index (κ1) is 10.9. The van der Waals surface area contributed by atoms with Crippen molar-refractivity contribution in [2.75, 3.05) is 6.54 Å². The Morgan fingerprint density at radius 1 is 1.40 bits per heavy atom. The van der Waals surface area contributed by atoms with Gasteiger partial charge in [0.25, 0.3) is 0 Å². The van der Waals surface area contributed by atoms with E-state index in [2.05, 4.69) is 12.2 Å². The lowest BCUT2D eigenvalue weighted by Crippen LogP contribution is -2.45. The van der Waals surface area contributed by atoms with Gasteiger partial charge in [0.2, 0.25) is 5.91 Å². The number of carbonyl (C=O) groups excluding carboxylic acids is 1. The molecule has 0 bridgehead atoms. The zero-order valence-corrected chi connectivity index (χ0v) is 9.54. The van der Waals surface area contributed by atoms with Gasteiger partial charge in [-0.3, -0.25) is 4.79 Å². The maximum atomic E-state index is 11.8. The van der Waals surface area contributed by atoms with E-state index < -0.39 is 0 Å². The molecule has 3 N–H and O–H groups in total. The highest BCUT2D eigenvalue weighted by Crippen LogP contribution is 2.38. The Bertz CT molecular complexity index is 242. The molecule has 0 saturated heterocycles. The van der Waals surface area contributed by atoms with Crippen LogP contribution in [0.25, 0.3) is 0 Å². The Morgan fingerprint density at radius 3 is 2.67 bits per heavy atom. The van der Waals surface area contributed by atoms with Crippen molar-refractivity contribution in [3.8, 4) is 0 Å². The second kappa shape index (κ2) is 4.52. The molecule has 1 amide bonds. The fourth-order valence-electron chi connectivity index (χ4n) is 2.66. The second-order valence-corrected chi connectivity index (χ2v) is 5.21. The average Bonchev–Trinajstić information content (AvgIpc) is 2.96. The lowest BCUT2D eigenvalue weighted by Gasteiger charge is -2.31. The SMILES string of the molecule is CC1CC1C(=O)NC1CCCCC1CN. The number of amides is 1. The summed E-state index contributed by atoms with van der Waals surface area (Å²) in [6.07, 6.45) is 5.89. The van der Waals surface area contributed by atoms with Gasteiger partial charge in [-0.05, 0) is 37.6 Å². The minimum absolute atomic E-state index is 0.271. The van der Waals surface area contributed by atoms with Crippen molar-refractivity contribution in [2.24, 2.45) is 23.5 Å². The molecule has 2 fully saturated rings. The van der Waals surface area contributed by atoms with Crippen LogP contribution < -0.4 is 11.1 Å². The Morgan fingerprint density at radius 2 is 2.07 bits per heavy atom. The van der Waals surface area contributed by atoms with Crippen LogP contribution in [0.1, 0.15) is 39.0 Å². The van der Waals surface area contributed by atoms with Crippen molar-refractivity contribution in [2.45, 2.75) is 45.1 Å². The predicted molar refractivity (Wildman–Crippen MR) is 60.2 cm³/mol. The molecule has 0 aromatic heterocycles. The van der Waals surface area contributed by atoms with Crippen LogP contribution in [0.5, 0.6) is 0 Å². The summed E-state index contributed by atoms with van der Waals surface area (Å²) in [5, 5.41) is 3.19. The lowest BCUT2D eigenvalue weighted by molar-refractivity contribution is -0.123. The van der Waals surface area contributed by atoms with E-state index in [1.807, 2.05) is 0 Å². The topological polar surface area (TPSA) is 55.1 Å². The van der Waals surface area contributed by atoms with Crippen molar-refractivity contribution in [1.29, 1.82) is 0 Å². The quantitative estimate of drug-likeness (QED) is 0.737. The Labute approximate surface area is 91.8 Å². The zero-order chi connectivity index (χ0) is 10.8. The second-order valence-electron chi connectivity index (χ2n) is 5.21. The van der Waals surface area contributed by atoms with Crippen molar-refractivity contribution < 1.29 is 4.79 Å². The molecule has 0 radical (unpaired) electrons. The first-order valence-electron chi connectivity index (χ1n) is 6.22. The normalized spacial score (nSPS) is 39.9. The third-order valence-electron chi connectivity index (χ3n) is 3.99. The summed E-state index contributed by atoms with van der Waals surface area (Å²) in [5.41, 5.74) is 5.74. The molecule has 3 nitrogen and oxygen atoms in total. The number of hydrogen-bond acceptors (Lipinski definition) is 2. The van der Waals surface area contributed by atoms with Crippen LogP contribution in [0.15, 0.2) is 0 Å². The molecule has 86 valence electrons. The van der Waals surface area contributed by atoms with Gasteiger partial charge in [-0.25, -0.2) is 0 Å². The van der Waals surface area contributed by atoms with Gasteiger partial charge in [0.05, 0.1) is 0 Å². The number of nitrogens with two attached hydrogens (primary N) is 1. The van der Waals surface area contributed by atoms with Gasteiger partial charge in [-0.1, -0.05) is 19.8 Å². The minimum Gasteiger partial charge on any atom is -0.353 e. The molecule has 3 heteroatoms. The van der Waals surface area contributed by atoms with E-state index >= 15 is 0 Å². The molecule has 0 spiro atoms. The lowest BCUT2D eigenvalue weighted by atomic mass is 9.84. The van der Waals surface area contributed by atoms with E-state index in [9.17, 15) is 4.79 Å². The molecule has 15 heavy (non-hydrogen) atoms. The van der Waals surface area contributed by atoms with Gasteiger partial charge in [0, 0.05) is 12.0 Å².